The lowest BCUT2D eigenvalue weighted by Gasteiger charge is -2.26. The molecule has 6 atom stereocenters. The van der Waals surface area contributed by atoms with E-state index in [-0.39, 0.29) is 86.9 Å². The molecule has 3 saturated carbocycles. The number of pyridine rings is 3. The number of H-pyrrole nitrogens is 3. The van der Waals surface area contributed by atoms with Crippen molar-refractivity contribution < 1.29 is 144 Å². The van der Waals surface area contributed by atoms with Gasteiger partial charge in [-0.05, 0) is 174 Å². The van der Waals surface area contributed by atoms with Gasteiger partial charge in [0.2, 0.25) is 0 Å². The highest BCUT2D eigenvalue weighted by Crippen LogP contribution is 2.45. The van der Waals surface area contributed by atoms with E-state index in [2.05, 4.69) is 35.1 Å². The molecule has 47 heteroatoms. The lowest BCUT2D eigenvalue weighted by Crippen LogP contribution is -2.40. The molecule has 6 fully saturated rings. The van der Waals surface area contributed by atoms with Gasteiger partial charge in [0, 0.05) is 84.3 Å². The van der Waals surface area contributed by atoms with Crippen LogP contribution in [0.2, 0.25) is 30.1 Å². The smallest absolute Gasteiger partial charge is 0.387 e. The van der Waals surface area contributed by atoms with Gasteiger partial charge in [0.15, 0.2) is 100 Å². The SMILES string of the molecule is CN(C)Cc1ccc(C(=O)N2CCSC2C(=O)O[C@@H](Cc2c(Cl)c[nH+]cc2Cl)c2ccc(OC(F)F)c(OCC3CC3)c2)s1.CNC.O=C(O[C@@H](Cc1c(Cl)c[nH+]cc1Cl)c1ccc(OC(F)F)c(OCC2CC2)c1)C1NCCS1.O=Cc1ccc(C(=O)N2CCSC2C(=O)O[C@@H](Cc2c(Cl)c[nH+]cc2Cl)c2ccc(OC(F)F)c(OCC3CC3)c2)s1.O=Cc1ccc(C(=O)O)s1.[OH-].[OH-].[OH-]. The summed E-state index contributed by atoms with van der Waals surface area (Å²) in [4.78, 5) is 115. The zero-order valence-corrected chi connectivity index (χ0v) is 81.6. The van der Waals surface area contributed by atoms with Crippen molar-refractivity contribution >= 4 is 187 Å². The summed E-state index contributed by atoms with van der Waals surface area (Å²) in [6.07, 6.45) is 14.4. The van der Waals surface area contributed by atoms with E-state index in [1.54, 1.807) is 61.2 Å². The van der Waals surface area contributed by atoms with E-state index in [0.29, 0.717) is 171 Å². The molecule has 0 bridgehead atoms. The maximum absolute atomic E-state index is 13.7. The number of nitrogens with one attached hydrogen (secondary N) is 5. The molecule has 6 aromatic heterocycles. The molecule has 0 spiro atoms. The van der Waals surface area contributed by atoms with Crippen molar-refractivity contribution in [2.24, 2.45) is 17.8 Å². The van der Waals surface area contributed by atoms with Crippen LogP contribution in [0.1, 0.15) is 143 Å². The fourth-order valence-corrected chi connectivity index (χ4v) is 20.2. The maximum Gasteiger partial charge on any atom is 0.387 e. The average molecular weight is 2120 g/mol. The Labute approximate surface area is 826 Å². The molecule has 3 aliphatic carbocycles. The molecule has 6 aliphatic rings. The summed E-state index contributed by atoms with van der Waals surface area (Å²) in [7, 11) is 7.66. The highest BCUT2D eigenvalue weighted by atomic mass is 35.5. The molecule has 0 radical (unpaired) electrons. The number of aromatic carboxylic acids is 1. The molecule has 3 unspecified atom stereocenters. The van der Waals surface area contributed by atoms with E-state index in [1.807, 2.05) is 39.2 Å². The number of alkyl halides is 6. The molecule has 15 rings (SSSR count). The minimum absolute atomic E-state index is 0. The predicted octanol–water partition coefficient (Wildman–Crippen LogP) is 17.7. The number of hydrogen-bond donors (Lipinski definition) is 3. The number of carboxylic acid groups (broad SMARTS) is 1. The molecule has 2 amide bonds. The Hall–Kier alpha value is -8.70. The number of thiophene rings is 3. The second-order valence-corrected chi connectivity index (χ2v) is 39.8. The molecule has 3 saturated heterocycles. The first-order chi connectivity index (χ1) is 63.4. The van der Waals surface area contributed by atoms with Crippen molar-refractivity contribution in [1.29, 1.82) is 0 Å². The van der Waals surface area contributed by atoms with Gasteiger partial charge < -0.3 is 84.2 Å². The van der Waals surface area contributed by atoms with Gasteiger partial charge in [0.25, 0.3) is 11.8 Å². The Morgan fingerprint density at radius 2 is 0.807 bits per heavy atom. The Morgan fingerprint density at radius 3 is 1.11 bits per heavy atom. The number of carboxylic acids is 1. The number of esters is 3. The highest BCUT2D eigenvalue weighted by molar-refractivity contribution is 8.01. The number of thioether (sulfide) groups is 3. The van der Waals surface area contributed by atoms with Crippen LogP contribution in [0.4, 0.5) is 26.3 Å². The first-order valence-electron chi connectivity index (χ1n) is 41.0. The van der Waals surface area contributed by atoms with Crippen LogP contribution in [0.25, 0.3) is 0 Å². The minimum Gasteiger partial charge on any atom is -0.870 e. The van der Waals surface area contributed by atoms with Gasteiger partial charge in [0.05, 0.1) is 39.3 Å². The Kier molecular flexibility index (Phi) is 45.1. The van der Waals surface area contributed by atoms with E-state index in [0.717, 1.165) is 71.8 Å². The highest BCUT2D eigenvalue weighted by Gasteiger charge is 2.42. The van der Waals surface area contributed by atoms with Gasteiger partial charge >= 0.3 is 43.7 Å². The zero-order chi connectivity index (χ0) is 94.8. The molecule has 9 heterocycles. The lowest BCUT2D eigenvalue weighted by molar-refractivity contribution is -0.378. The maximum atomic E-state index is 13.7. The number of aldehydes is 2. The first-order valence-corrected chi connectivity index (χ1v) is 48.9. The van der Waals surface area contributed by atoms with E-state index in [1.165, 1.54) is 117 Å². The van der Waals surface area contributed by atoms with Crippen LogP contribution in [0.3, 0.4) is 0 Å². The number of hydrogen-bond acceptors (Lipinski definition) is 29. The number of rotatable bonds is 37. The summed E-state index contributed by atoms with van der Waals surface area (Å²) < 4.78 is 128. The van der Waals surface area contributed by atoms with Crippen LogP contribution in [0, 0.1) is 17.8 Å². The normalized spacial score (nSPS) is 16.4. The number of benzene rings is 3. The molecular weight excluding hydrogens is 2020 g/mol. The third-order valence-electron chi connectivity index (χ3n) is 20.0. The monoisotopic (exact) mass is 2110 g/mol. The first kappa shape index (κ1) is 112. The molecule has 3 aromatic carbocycles. The minimum atomic E-state index is -3.06. The Balaban J connectivity index is 0.000000232. The van der Waals surface area contributed by atoms with Crippen LogP contribution >= 0.6 is 139 Å². The molecule has 9 aromatic rings. The van der Waals surface area contributed by atoms with Gasteiger partial charge in [-0.3, -0.25) is 24.5 Å². The summed E-state index contributed by atoms with van der Waals surface area (Å²) in [6.45, 7) is -5.87. The number of ether oxygens (including phenoxy) is 9. The van der Waals surface area contributed by atoms with Crippen LogP contribution < -0.4 is 54.0 Å². The van der Waals surface area contributed by atoms with Crippen molar-refractivity contribution in [3.63, 3.8) is 0 Å². The largest absolute Gasteiger partial charge is 0.870 e. The summed E-state index contributed by atoms with van der Waals surface area (Å²) in [5, 5.41) is 14.0. The van der Waals surface area contributed by atoms with Crippen molar-refractivity contribution in [1.82, 2.24) is 25.3 Å². The van der Waals surface area contributed by atoms with Crippen molar-refractivity contribution in [2.45, 2.75) is 119 Å². The fraction of sp³-hybridized carbons (Fsp3) is 0.398. The number of carbonyl (C=O) groups excluding carboxylic acids is 7. The molecule has 3 aliphatic heterocycles. The van der Waals surface area contributed by atoms with Gasteiger partial charge in [-0.1, -0.05) is 87.8 Å². The number of aromatic amines is 3. The summed E-state index contributed by atoms with van der Waals surface area (Å²) in [5.41, 5.74) is 3.07. The summed E-state index contributed by atoms with van der Waals surface area (Å²) >= 11 is 45.8. The summed E-state index contributed by atoms with van der Waals surface area (Å²) in [6, 6.07) is 23.0. The van der Waals surface area contributed by atoms with Gasteiger partial charge in [0.1, 0.15) is 53.3 Å². The molecule has 135 heavy (non-hydrogen) atoms. The molecule has 29 nitrogen and oxygen atoms in total. The van der Waals surface area contributed by atoms with Crippen molar-refractivity contribution in [3.05, 3.63) is 221 Å². The van der Waals surface area contributed by atoms with Gasteiger partial charge in [-0.2, -0.15) is 26.3 Å². The van der Waals surface area contributed by atoms with Crippen LogP contribution in [-0.2, 0) is 54.4 Å². The van der Waals surface area contributed by atoms with Gasteiger partial charge in [-0.15, -0.1) is 69.3 Å². The van der Waals surface area contributed by atoms with Crippen LogP contribution in [-0.4, -0.2) is 205 Å². The van der Waals surface area contributed by atoms with Gasteiger partial charge in [-0.25, -0.2) is 34.1 Å². The molecule has 732 valence electrons. The Bertz CT molecular complexity index is 5400. The van der Waals surface area contributed by atoms with E-state index >= 15 is 0 Å². The predicted molar refractivity (Wildman–Crippen MR) is 498 cm³/mol. The number of aromatic nitrogens is 3. The topological polar surface area (TPSA) is 406 Å². The van der Waals surface area contributed by atoms with Crippen LogP contribution in [0.15, 0.2) is 128 Å². The number of nitrogens with zero attached hydrogens (tertiary/aromatic N) is 3. The van der Waals surface area contributed by atoms with Crippen LogP contribution in [0.5, 0.6) is 34.5 Å². The van der Waals surface area contributed by atoms with E-state index in [9.17, 15) is 64.7 Å². The van der Waals surface area contributed by atoms with E-state index in [4.69, 9.17) is 108 Å². The summed E-state index contributed by atoms with van der Waals surface area (Å²) in [5.74, 6) is -0.287. The second kappa shape index (κ2) is 54.6. The fourth-order valence-electron chi connectivity index (χ4n) is 13.0. The number of carbonyl (C=O) groups is 8. The number of amides is 2. The Morgan fingerprint density at radius 1 is 0.474 bits per heavy atom. The second-order valence-electron chi connectivity index (χ2n) is 30.4. The molecule has 9 N–H and O–H groups in total. The standard InChI is InChI=1S/C30H31Cl2F2N3O5S2.C28H24Cl2F2N2O6S2.C22H22Cl2F2N2O4S.C6H4O3S.C2H7N.3H2O/c1-36(2)15-19-6-8-26(44-19)27(38)37-9-10-43-28(37)29(39)41-24(12-20-21(31)13-35-14-22(20)32)18-5-7-23(42-30(33)34)25(11-18)40-16-17-3-4-17;29-19-11-33-12-20(30)18(19)10-22(16-3-5-21(40-28(31)32)23(9-16)38-14-15-1-2-15)39-27(37)26-34(7-8-41-26)25(36)24-6-4-17(13-35)42-24;23-15-9-27-10-16(24)14(15)8-18(31-21(29)20-28-5-6-33-20)13-3-4-17(32-22(25)26)19(7-13)30-11-12-1-2-12;7-3-4-1-2-5(10-4)6(8)9;1-3-2;;;/h5-8,11,13-14,17,24,28,30H,3-4,9-10,12,15-16H2,1-2H3;3-6,9,11-13,15,22,26,28H,1-2,7-8,10,14H2;3-4,7,9-10,12,18,20,22,28H,1-2,5-6,8,11H2;1-3H,(H,8,9);3H,1-2H3;3*1H2/t24-,28?;22-,26?;18-,20?;;;;;/m000...../s1. The average Bonchev–Trinajstić information content (AvgIpc) is 1.41. The third kappa shape index (κ3) is 33.5. The third-order valence-corrected chi connectivity index (χ3v) is 28.6. The van der Waals surface area contributed by atoms with Crippen molar-refractivity contribution in [2.75, 3.05) is 84.9 Å². The number of halogens is 12. The lowest BCUT2D eigenvalue weighted by atomic mass is 10.0. The van der Waals surface area contributed by atoms with E-state index < -0.39 is 78.1 Å². The quantitative estimate of drug-likeness (QED) is 0.0141. The molecular formula is C88H94Cl6F6N8O21S6. The van der Waals surface area contributed by atoms with Crippen molar-refractivity contribution in [3.8, 4) is 34.5 Å². The zero-order valence-electron chi connectivity index (χ0n) is 72.2.